The maximum absolute atomic E-state index is 12.8. The first-order chi connectivity index (χ1) is 12.2. The van der Waals surface area contributed by atoms with Crippen molar-refractivity contribution in [3.63, 3.8) is 0 Å². The molecular weight excluding hydrogens is 334 g/mol. The van der Waals surface area contributed by atoms with Gasteiger partial charge in [-0.1, -0.05) is 6.07 Å². The molecule has 142 valence electrons. The number of rotatable bonds is 7. The zero-order chi connectivity index (χ0) is 19.4. The van der Waals surface area contributed by atoms with Crippen LogP contribution in [-0.4, -0.2) is 73.0 Å². The summed E-state index contributed by atoms with van der Waals surface area (Å²) in [4.78, 5) is 41.5. The van der Waals surface area contributed by atoms with Crippen molar-refractivity contribution in [3.8, 4) is 0 Å². The van der Waals surface area contributed by atoms with Crippen molar-refractivity contribution in [3.05, 3.63) is 29.3 Å². The summed E-state index contributed by atoms with van der Waals surface area (Å²) < 4.78 is 0. The van der Waals surface area contributed by atoms with Crippen molar-refractivity contribution < 1.29 is 19.5 Å². The molecule has 1 heterocycles. The number of likely N-dealkylation sites (N-methyl/N-ethyl adjacent to an activating group) is 1. The van der Waals surface area contributed by atoms with Gasteiger partial charge < -0.3 is 19.8 Å². The van der Waals surface area contributed by atoms with E-state index in [4.69, 9.17) is 5.11 Å². The highest BCUT2D eigenvalue weighted by atomic mass is 16.4. The van der Waals surface area contributed by atoms with Gasteiger partial charge in [0.2, 0.25) is 11.8 Å². The molecule has 0 radical (unpaired) electrons. The molecule has 26 heavy (non-hydrogen) atoms. The number of carbonyl (C=O) groups is 3. The normalized spacial score (nSPS) is 17.0. The highest BCUT2D eigenvalue weighted by molar-refractivity contribution is 6.10. The average molecular weight is 361 g/mol. The highest BCUT2D eigenvalue weighted by Gasteiger charge is 2.40. The van der Waals surface area contributed by atoms with E-state index in [0.29, 0.717) is 19.5 Å². The van der Waals surface area contributed by atoms with Gasteiger partial charge in [0.1, 0.15) is 12.5 Å². The number of hydrogen-bond donors (Lipinski definition) is 1. The lowest BCUT2D eigenvalue weighted by Gasteiger charge is -2.25. The second-order valence-corrected chi connectivity index (χ2v) is 7.13. The minimum atomic E-state index is -1.08. The summed E-state index contributed by atoms with van der Waals surface area (Å²) in [5, 5.41) is 9.09. The fourth-order valence-corrected chi connectivity index (χ4v) is 3.24. The molecule has 1 aromatic carbocycles. The Hall–Kier alpha value is -2.41. The molecule has 1 aromatic rings. The largest absolute Gasteiger partial charge is 0.480 e. The van der Waals surface area contributed by atoms with E-state index in [-0.39, 0.29) is 19.0 Å². The molecule has 1 saturated heterocycles. The van der Waals surface area contributed by atoms with Crippen LogP contribution in [-0.2, 0) is 14.4 Å². The molecule has 1 fully saturated rings. The Morgan fingerprint density at radius 1 is 1.15 bits per heavy atom. The van der Waals surface area contributed by atoms with Gasteiger partial charge >= 0.3 is 5.97 Å². The van der Waals surface area contributed by atoms with Crippen LogP contribution in [0.5, 0.6) is 0 Å². The Labute approximate surface area is 154 Å². The van der Waals surface area contributed by atoms with Crippen molar-refractivity contribution >= 4 is 23.5 Å². The third kappa shape index (κ3) is 4.82. The van der Waals surface area contributed by atoms with Gasteiger partial charge in [0, 0.05) is 25.3 Å². The first-order valence-corrected chi connectivity index (χ1v) is 8.74. The van der Waals surface area contributed by atoms with Crippen LogP contribution in [0.15, 0.2) is 18.2 Å². The molecule has 0 aliphatic carbocycles. The molecule has 1 N–H and O–H groups in total. The number of carbonyl (C=O) groups excluding carboxylic acids is 2. The van der Waals surface area contributed by atoms with Crippen LogP contribution in [0, 0.1) is 19.8 Å². The van der Waals surface area contributed by atoms with Gasteiger partial charge in [-0.05, 0) is 57.6 Å². The lowest BCUT2D eigenvalue weighted by Crippen LogP contribution is -2.45. The van der Waals surface area contributed by atoms with E-state index in [9.17, 15) is 14.4 Å². The van der Waals surface area contributed by atoms with E-state index in [1.54, 1.807) is 4.90 Å². The van der Waals surface area contributed by atoms with Gasteiger partial charge in [0.05, 0.1) is 0 Å². The monoisotopic (exact) mass is 361 g/mol. The van der Waals surface area contributed by atoms with Gasteiger partial charge in [-0.3, -0.25) is 14.4 Å². The molecule has 7 heteroatoms. The summed E-state index contributed by atoms with van der Waals surface area (Å²) in [7, 11) is 3.71. The maximum atomic E-state index is 12.8. The highest BCUT2D eigenvalue weighted by Crippen LogP contribution is 2.28. The molecule has 0 saturated carbocycles. The topological polar surface area (TPSA) is 81.2 Å². The number of anilines is 1. The molecule has 1 aliphatic heterocycles. The van der Waals surface area contributed by atoms with Crippen LogP contribution in [0.2, 0.25) is 0 Å². The summed E-state index contributed by atoms with van der Waals surface area (Å²) in [6.45, 7) is 4.84. The second kappa shape index (κ2) is 8.31. The fraction of sp³-hybridized carbons (Fsp3) is 0.526. The van der Waals surface area contributed by atoms with E-state index >= 15 is 0 Å². The molecule has 2 rings (SSSR count). The Morgan fingerprint density at radius 2 is 1.77 bits per heavy atom. The van der Waals surface area contributed by atoms with Crippen molar-refractivity contribution in [2.75, 3.05) is 45.2 Å². The first-order valence-electron chi connectivity index (χ1n) is 8.74. The van der Waals surface area contributed by atoms with E-state index in [0.717, 1.165) is 16.8 Å². The summed E-state index contributed by atoms with van der Waals surface area (Å²) in [5.74, 6) is -2.53. The quantitative estimate of drug-likeness (QED) is 0.737. The summed E-state index contributed by atoms with van der Waals surface area (Å²) >= 11 is 0. The van der Waals surface area contributed by atoms with Crippen LogP contribution in [0.3, 0.4) is 0 Å². The van der Waals surface area contributed by atoms with Gasteiger partial charge in [-0.15, -0.1) is 0 Å². The third-order valence-corrected chi connectivity index (χ3v) is 4.48. The number of aryl methyl sites for hydroxylation is 2. The Morgan fingerprint density at radius 3 is 2.31 bits per heavy atom. The lowest BCUT2D eigenvalue weighted by molar-refractivity contribution is -0.148. The molecular formula is C19H27N3O4. The number of carboxylic acids is 1. The van der Waals surface area contributed by atoms with Crippen LogP contribution >= 0.6 is 0 Å². The number of hydrogen-bond acceptors (Lipinski definition) is 4. The predicted molar refractivity (Wildman–Crippen MR) is 99.1 cm³/mol. The van der Waals surface area contributed by atoms with E-state index in [1.807, 2.05) is 51.0 Å². The van der Waals surface area contributed by atoms with Gasteiger partial charge in [0.15, 0.2) is 0 Å². The minimum Gasteiger partial charge on any atom is -0.480 e. The Balaban J connectivity index is 2.15. The molecule has 0 spiro atoms. The molecule has 7 nitrogen and oxygen atoms in total. The number of benzene rings is 1. The molecule has 0 unspecified atom stereocenters. The smallest absolute Gasteiger partial charge is 0.323 e. The standard InChI is InChI=1S/C19H27N3O4/c1-13-9-14(2)11-15(10-13)22-6-5-16(19(22)26)18(25)21(12-17(23)24)8-7-20(3)4/h9-11,16H,5-8,12H2,1-4H3,(H,23,24)/t16-/m1/s1. The van der Waals surface area contributed by atoms with Gasteiger partial charge in [0.25, 0.3) is 0 Å². The fourth-order valence-electron chi connectivity index (χ4n) is 3.24. The predicted octanol–water partition coefficient (Wildman–Crippen LogP) is 1.13. The maximum Gasteiger partial charge on any atom is 0.323 e. The second-order valence-electron chi connectivity index (χ2n) is 7.13. The van der Waals surface area contributed by atoms with Crippen LogP contribution in [0.1, 0.15) is 17.5 Å². The van der Waals surface area contributed by atoms with Crippen LogP contribution < -0.4 is 4.90 Å². The van der Waals surface area contributed by atoms with E-state index < -0.39 is 17.8 Å². The molecule has 0 aromatic heterocycles. The Bertz CT molecular complexity index is 682. The first kappa shape index (κ1) is 19.9. The van der Waals surface area contributed by atoms with Gasteiger partial charge in [-0.25, -0.2) is 0 Å². The molecule has 1 atom stereocenters. The minimum absolute atomic E-state index is 0.250. The zero-order valence-corrected chi connectivity index (χ0v) is 15.9. The third-order valence-electron chi connectivity index (χ3n) is 4.48. The lowest BCUT2D eigenvalue weighted by atomic mass is 10.1. The van der Waals surface area contributed by atoms with Gasteiger partial charge in [-0.2, -0.15) is 0 Å². The molecule has 2 amide bonds. The SMILES string of the molecule is Cc1cc(C)cc(N2CC[C@H](C(=O)N(CCN(C)C)CC(=O)O)C2=O)c1. The van der Waals surface area contributed by atoms with Crippen LogP contribution in [0.4, 0.5) is 5.69 Å². The number of nitrogens with zero attached hydrogens (tertiary/aromatic N) is 3. The van der Waals surface area contributed by atoms with E-state index in [2.05, 4.69) is 0 Å². The van der Waals surface area contributed by atoms with Crippen LogP contribution in [0.25, 0.3) is 0 Å². The number of amides is 2. The summed E-state index contributed by atoms with van der Waals surface area (Å²) in [6.07, 6.45) is 0.405. The van der Waals surface area contributed by atoms with Crippen molar-refractivity contribution in [1.82, 2.24) is 9.80 Å². The van der Waals surface area contributed by atoms with Crippen molar-refractivity contribution in [2.45, 2.75) is 20.3 Å². The summed E-state index contributed by atoms with van der Waals surface area (Å²) in [5.41, 5.74) is 2.91. The summed E-state index contributed by atoms with van der Waals surface area (Å²) in [6, 6.07) is 5.89. The Kier molecular flexibility index (Phi) is 6.37. The van der Waals surface area contributed by atoms with E-state index in [1.165, 1.54) is 4.90 Å². The van der Waals surface area contributed by atoms with Crippen molar-refractivity contribution in [1.29, 1.82) is 0 Å². The van der Waals surface area contributed by atoms with Crippen molar-refractivity contribution in [2.24, 2.45) is 5.92 Å². The molecule has 1 aliphatic rings. The zero-order valence-electron chi connectivity index (χ0n) is 15.9. The number of carboxylic acid groups (broad SMARTS) is 1. The number of aliphatic carboxylic acids is 1. The molecule has 0 bridgehead atoms. The average Bonchev–Trinajstić information content (AvgIpc) is 2.91.